The van der Waals surface area contributed by atoms with Crippen molar-refractivity contribution >= 4 is 13.3 Å². The van der Waals surface area contributed by atoms with Crippen molar-refractivity contribution in [1.29, 1.82) is 0 Å². The normalized spacial score (nSPS) is 13.2. The molecule has 5 aromatic rings. The van der Waals surface area contributed by atoms with Gasteiger partial charge in [-0.25, -0.2) is 0 Å². The van der Waals surface area contributed by atoms with Crippen molar-refractivity contribution < 1.29 is 4.74 Å². The maximum absolute atomic E-state index is 6.86. The molecule has 0 radical (unpaired) electrons. The molecule has 0 bridgehead atoms. The second-order valence-corrected chi connectivity index (χ2v) is 20.5. The monoisotopic (exact) mass is 648 g/mol. The molecule has 0 saturated heterocycles. The third-order valence-corrected chi connectivity index (χ3v) is 16.4. The van der Waals surface area contributed by atoms with Crippen LogP contribution < -0.4 is 9.92 Å². The molecular weight excluding hydrogens is 597 g/mol. The molecule has 0 heterocycles. The molecule has 0 atom stereocenters. The minimum atomic E-state index is -2.41. The van der Waals surface area contributed by atoms with Crippen LogP contribution in [-0.2, 0) is 10.8 Å². The predicted molar refractivity (Wildman–Crippen MR) is 210 cm³/mol. The zero-order valence-corrected chi connectivity index (χ0v) is 31.3. The van der Waals surface area contributed by atoms with Gasteiger partial charge in [0, 0.05) is 5.54 Å². The number of fused-ring (bicyclic) bond motifs is 3. The van der Waals surface area contributed by atoms with Gasteiger partial charge in [-0.15, -0.1) is 0 Å². The summed E-state index contributed by atoms with van der Waals surface area (Å²) in [5.74, 6) is 1.10. The van der Waals surface area contributed by atoms with E-state index in [1.165, 1.54) is 60.8 Å². The smallest absolute Gasteiger partial charge is 0.122 e. The second-order valence-electron chi connectivity index (χ2n) is 15.6. The molecule has 0 unspecified atom stereocenters. The third kappa shape index (κ3) is 6.01. The van der Waals surface area contributed by atoms with E-state index in [9.17, 15) is 0 Å². The summed E-state index contributed by atoms with van der Waals surface area (Å²) in [4.78, 5) is 0. The summed E-state index contributed by atoms with van der Waals surface area (Å²) in [6.07, 6.45) is 1.90. The van der Waals surface area contributed by atoms with Crippen molar-refractivity contribution in [2.45, 2.75) is 83.8 Å². The zero-order valence-electron chi connectivity index (χ0n) is 30.3. The van der Waals surface area contributed by atoms with Gasteiger partial charge < -0.3 is 4.74 Å². The first-order chi connectivity index (χ1) is 22.9. The van der Waals surface area contributed by atoms with E-state index in [-0.39, 0.29) is 16.4 Å². The first kappa shape index (κ1) is 33.7. The fourth-order valence-electron chi connectivity index (χ4n) is 7.96. The molecule has 0 aliphatic heterocycles. The largest absolute Gasteiger partial charge is 0.489 e. The number of hydrogen-bond acceptors (Lipinski definition) is 1. The van der Waals surface area contributed by atoms with Gasteiger partial charge in [0.05, 0.1) is 0 Å². The highest BCUT2D eigenvalue weighted by Gasteiger charge is 2.49. The number of benzene rings is 5. The maximum Gasteiger partial charge on any atom is 0.122 e. The van der Waals surface area contributed by atoms with Crippen LogP contribution in [0.5, 0.6) is 5.75 Å². The topological polar surface area (TPSA) is 9.23 Å². The van der Waals surface area contributed by atoms with Crippen LogP contribution in [0.2, 0.25) is 12.1 Å². The summed E-state index contributed by atoms with van der Waals surface area (Å²) in [5, 5.41) is 1.46. The molecule has 0 N–H and O–H groups in total. The van der Waals surface area contributed by atoms with Gasteiger partial charge >= 0.3 is 0 Å². The van der Waals surface area contributed by atoms with Gasteiger partial charge in [-0.2, -0.15) is 0 Å². The predicted octanol–water partition coefficient (Wildman–Crippen LogP) is 12.2. The van der Waals surface area contributed by atoms with Crippen LogP contribution in [0.15, 0.2) is 122 Å². The summed E-state index contributed by atoms with van der Waals surface area (Å²) in [6, 6.07) is 43.4. The van der Waals surface area contributed by atoms with Crippen LogP contribution >= 0.6 is 0 Å². The van der Waals surface area contributed by atoms with Gasteiger partial charge in [0.2, 0.25) is 0 Å². The van der Waals surface area contributed by atoms with E-state index in [1.54, 1.807) is 0 Å². The second kappa shape index (κ2) is 13.0. The average Bonchev–Trinajstić information content (AvgIpc) is 3.41. The molecule has 0 amide bonds. The molecule has 5 aromatic carbocycles. The van der Waals surface area contributed by atoms with Gasteiger partial charge in [0.1, 0.15) is 20.4 Å². The molecule has 1 nitrogen and oxygen atoms in total. The Kier molecular flexibility index (Phi) is 9.17. The molecule has 0 aromatic heterocycles. The SMILES string of the molecule is C=CCOc1c(C(C)(C)C)cc(C(C)(C)C)cc1[Si](CC)(CC)C1c2cc(-c3ccccc3)ccc2-c2ccc(-c3ccccc3)cc21. The average molecular weight is 649 g/mol. The fourth-order valence-corrected chi connectivity index (χ4v) is 13.1. The third-order valence-electron chi connectivity index (χ3n) is 10.7. The summed E-state index contributed by atoms with van der Waals surface area (Å²) < 4.78 is 6.86. The Hall–Kier alpha value is -4.14. The van der Waals surface area contributed by atoms with E-state index < -0.39 is 8.07 Å². The zero-order chi connectivity index (χ0) is 34.3. The van der Waals surface area contributed by atoms with Crippen LogP contribution in [0.3, 0.4) is 0 Å². The quantitative estimate of drug-likeness (QED) is 0.114. The molecule has 1 aliphatic carbocycles. The van der Waals surface area contributed by atoms with Crippen molar-refractivity contribution in [3.8, 4) is 39.1 Å². The Morgan fingerprint density at radius 2 is 1.12 bits per heavy atom. The molecule has 246 valence electrons. The van der Waals surface area contributed by atoms with Crippen LogP contribution in [0.4, 0.5) is 0 Å². The van der Waals surface area contributed by atoms with E-state index >= 15 is 0 Å². The van der Waals surface area contributed by atoms with E-state index in [0.717, 1.165) is 17.8 Å². The van der Waals surface area contributed by atoms with Crippen molar-refractivity contribution in [3.63, 3.8) is 0 Å². The van der Waals surface area contributed by atoms with Crippen LogP contribution in [-0.4, -0.2) is 14.7 Å². The van der Waals surface area contributed by atoms with Gasteiger partial charge in [-0.3, -0.25) is 0 Å². The minimum absolute atomic E-state index is 0.000210. The highest BCUT2D eigenvalue weighted by molar-refractivity contribution is 6.94. The molecule has 6 rings (SSSR count). The lowest BCUT2D eigenvalue weighted by Gasteiger charge is -2.41. The molecule has 0 fully saturated rings. The van der Waals surface area contributed by atoms with Crippen molar-refractivity contribution in [3.05, 3.63) is 144 Å². The van der Waals surface area contributed by atoms with Crippen molar-refractivity contribution in [2.75, 3.05) is 6.61 Å². The molecule has 1 aliphatic rings. The van der Waals surface area contributed by atoms with Gasteiger partial charge in [-0.05, 0) is 71.7 Å². The van der Waals surface area contributed by atoms with E-state index in [1.807, 2.05) is 6.08 Å². The Morgan fingerprint density at radius 1 is 0.625 bits per heavy atom. The molecular formula is C46H52OSi. The Morgan fingerprint density at radius 3 is 1.54 bits per heavy atom. The minimum Gasteiger partial charge on any atom is -0.489 e. The van der Waals surface area contributed by atoms with E-state index in [2.05, 4.69) is 171 Å². The molecule has 0 spiro atoms. The van der Waals surface area contributed by atoms with Gasteiger partial charge in [0.15, 0.2) is 0 Å². The van der Waals surface area contributed by atoms with Crippen LogP contribution in [0, 0.1) is 0 Å². The molecule has 48 heavy (non-hydrogen) atoms. The lowest BCUT2D eigenvalue weighted by Crippen LogP contribution is -2.53. The standard InChI is InChI=1S/C46H52OSi/c1-10-27-47-43-41(46(7,8)9)30-36(45(4,5)6)31-42(43)48(11-2,12-3)44-39-28-34(32-19-15-13-16-20-32)23-25-37(39)38-26-24-35(29-40(38)44)33-21-17-14-18-22-33/h10,13-26,28-31,44H,1,11-12,27H2,2-9H3. The van der Waals surface area contributed by atoms with Crippen LogP contribution in [0.1, 0.15) is 83.2 Å². The lowest BCUT2D eigenvalue weighted by molar-refractivity contribution is 0.353. The van der Waals surface area contributed by atoms with Crippen molar-refractivity contribution in [1.82, 2.24) is 0 Å². The fraction of sp³-hybridized carbons (Fsp3) is 0.304. The first-order valence-electron chi connectivity index (χ1n) is 17.7. The van der Waals surface area contributed by atoms with E-state index in [4.69, 9.17) is 4.74 Å². The Bertz CT molecular complexity index is 1830. The summed E-state index contributed by atoms with van der Waals surface area (Å²) in [6.45, 7) is 23.5. The summed E-state index contributed by atoms with van der Waals surface area (Å²) in [5.41, 5.74) is 13.7. The highest BCUT2D eigenvalue weighted by atomic mass is 28.3. The lowest BCUT2D eigenvalue weighted by atomic mass is 9.80. The van der Waals surface area contributed by atoms with E-state index in [0.29, 0.717) is 6.61 Å². The summed E-state index contributed by atoms with van der Waals surface area (Å²) >= 11 is 0. The highest BCUT2D eigenvalue weighted by Crippen LogP contribution is 2.53. The molecule has 2 heteroatoms. The Labute approximate surface area is 290 Å². The van der Waals surface area contributed by atoms with Crippen LogP contribution in [0.25, 0.3) is 33.4 Å². The number of ether oxygens (including phenoxy) is 1. The summed E-state index contributed by atoms with van der Waals surface area (Å²) in [7, 11) is -2.41. The number of hydrogen-bond donors (Lipinski definition) is 0. The van der Waals surface area contributed by atoms with Crippen molar-refractivity contribution in [2.24, 2.45) is 0 Å². The first-order valence-corrected chi connectivity index (χ1v) is 20.2. The van der Waals surface area contributed by atoms with Gasteiger partial charge in [-0.1, -0.05) is 189 Å². The van der Waals surface area contributed by atoms with Gasteiger partial charge in [0.25, 0.3) is 0 Å². The number of rotatable bonds is 9. The molecule has 0 saturated carbocycles. The Balaban J connectivity index is 1.70. The maximum atomic E-state index is 6.86.